The highest BCUT2D eigenvalue weighted by Gasteiger charge is 2.47. The van der Waals surface area contributed by atoms with Crippen LogP contribution in [0.5, 0.6) is 11.5 Å². The van der Waals surface area contributed by atoms with Gasteiger partial charge in [0.2, 0.25) is 0 Å². The van der Waals surface area contributed by atoms with Crippen molar-refractivity contribution in [2.75, 3.05) is 0 Å². The van der Waals surface area contributed by atoms with Crippen molar-refractivity contribution >= 4 is 21.9 Å². The maximum Gasteiger partial charge on any atom is 0.320 e. The first kappa shape index (κ1) is 12.7. The second-order valence-electron chi connectivity index (χ2n) is 5.01. The molecule has 19 heavy (non-hydrogen) atoms. The summed E-state index contributed by atoms with van der Waals surface area (Å²) in [5, 5.41) is 8.86. The van der Waals surface area contributed by atoms with E-state index < -0.39 is 17.8 Å². The molecule has 0 bridgehead atoms. The molecule has 5 nitrogen and oxygen atoms in total. The van der Waals surface area contributed by atoms with Gasteiger partial charge < -0.3 is 20.3 Å². The van der Waals surface area contributed by atoms with Gasteiger partial charge in [-0.2, -0.15) is 0 Å². The smallest absolute Gasteiger partial charge is 0.320 e. The number of rotatable bonds is 3. The molecule has 3 N–H and O–H groups in total. The van der Waals surface area contributed by atoms with Crippen LogP contribution in [0, 0.1) is 0 Å². The second-order valence-corrected chi connectivity index (χ2v) is 5.86. The van der Waals surface area contributed by atoms with Crippen LogP contribution < -0.4 is 15.2 Å². The van der Waals surface area contributed by atoms with E-state index in [1.54, 1.807) is 0 Å². The summed E-state index contributed by atoms with van der Waals surface area (Å²) in [7, 11) is 0. The van der Waals surface area contributed by atoms with Crippen molar-refractivity contribution < 1.29 is 19.4 Å². The van der Waals surface area contributed by atoms with E-state index in [4.69, 9.17) is 20.3 Å². The largest absolute Gasteiger partial charge is 0.480 e. The highest BCUT2D eigenvalue weighted by molar-refractivity contribution is 9.10. The molecule has 0 radical (unpaired) electrons. The number of carbonyl (C=O) groups is 1. The van der Waals surface area contributed by atoms with Crippen LogP contribution in [0.4, 0.5) is 0 Å². The van der Waals surface area contributed by atoms with Crippen molar-refractivity contribution in [3.63, 3.8) is 0 Å². The lowest BCUT2D eigenvalue weighted by molar-refractivity contribution is -0.139. The summed E-state index contributed by atoms with van der Waals surface area (Å²) < 4.78 is 12.5. The van der Waals surface area contributed by atoms with Gasteiger partial charge in [0.15, 0.2) is 11.5 Å². The van der Waals surface area contributed by atoms with Crippen LogP contribution >= 0.6 is 15.9 Å². The van der Waals surface area contributed by atoms with Gasteiger partial charge in [-0.3, -0.25) is 4.79 Å². The van der Waals surface area contributed by atoms with Crippen molar-refractivity contribution in [3.05, 3.63) is 22.2 Å². The molecule has 1 aliphatic heterocycles. The highest BCUT2D eigenvalue weighted by atomic mass is 79.9. The highest BCUT2D eigenvalue weighted by Crippen LogP contribution is 2.49. The minimum atomic E-state index is -1.01. The first-order valence-corrected chi connectivity index (χ1v) is 6.97. The van der Waals surface area contributed by atoms with Gasteiger partial charge in [-0.25, -0.2) is 0 Å². The quantitative estimate of drug-likeness (QED) is 0.887. The average molecular weight is 328 g/mol. The number of carboxylic acids is 1. The third-order valence-corrected chi connectivity index (χ3v) is 4.32. The number of ether oxygens (including phenoxy) is 2. The number of aliphatic carboxylic acids is 1. The Balaban J connectivity index is 1.85. The maximum atomic E-state index is 10.8. The Kier molecular flexibility index (Phi) is 2.94. The summed E-state index contributed by atoms with van der Waals surface area (Å²) in [4.78, 5) is 10.8. The monoisotopic (exact) mass is 327 g/mol. The molecule has 1 unspecified atom stereocenters. The normalized spacial score (nSPS) is 20.1. The molecule has 2 aliphatic rings. The standard InChI is InChI=1S/C13H14BrNO4/c14-8-6-11-10(18-13(19-11)2-1-3-13)5-7(8)4-9(15)12(16)17/h5-6,9H,1-4,15H2,(H,16,17). The predicted molar refractivity (Wildman–Crippen MR) is 71.3 cm³/mol. The van der Waals surface area contributed by atoms with Gasteiger partial charge in [0.1, 0.15) is 6.04 Å². The molecular weight excluding hydrogens is 314 g/mol. The molecule has 1 aromatic rings. The molecule has 1 spiro atoms. The van der Waals surface area contributed by atoms with Gasteiger partial charge in [-0.1, -0.05) is 15.9 Å². The zero-order valence-corrected chi connectivity index (χ0v) is 11.8. The number of hydrogen-bond acceptors (Lipinski definition) is 4. The number of hydrogen-bond donors (Lipinski definition) is 2. The van der Waals surface area contributed by atoms with E-state index in [9.17, 15) is 4.79 Å². The molecule has 1 aromatic carbocycles. The van der Waals surface area contributed by atoms with Gasteiger partial charge in [-0.05, 0) is 30.5 Å². The Morgan fingerprint density at radius 2 is 2.05 bits per heavy atom. The second kappa shape index (κ2) is 4.38. The Hall–Kier alpha value is -1.27. The van der Waals surface area contributed by atoms with E-state index in [2.05, 4.69) is 15.9 Å². The molecule has 1 aliphatic carbocycles. The zero-order valence-electron chi connectivity index (χ0n) is 10.2. The summed E-state index contributed by atoms with van der Waals surface area (Å²) >= 11 is 3.42. The fourth-order valence-corrected chi connectivity index (χ4v) is 2.79. The van der Waals surface area contributed by atoms with E-state index in [1.165, 1.54) is 0 Å². The SMILES string of the molecule is NC(Cc1cc2c(cc1Br)OC1(CCC1)O2)C(=O)O. The van der Waals surface area contributed by atoms with Crippen molar-refractivity contribution in [1.29, 1.82) is 0 Å². The Morgan fingerprint density at radius 1 is 1.42 bits per heavy atom. The van der Waals surface area contributed by atoms with Crippen molar-refractivity contribution in [3.8, 4) is 11.5 Å². The molecule has 0 amide bonds. The third-order valence-electron chi connectivity index (χ3n) is 3.58. The molecule has 102 valence electrons. The average Bonchev–Trinajstić information content (AvgIpc) is 2.67. The van der Waals surface area contributed by atoms with E-state index >= 15 is 0 Å². The molecule has 1 atom stereocenters. The minimum Gasteiger partial charge on any atom is -0.480 e. The van der Waals surface area contributed by atoms with Gasteiger partial charge in [0.25, 0.3) is 5.79 Å². The summed E-state index contributed by atoms with van der Waals surface area (Å²) in [6, 6.07) is 2.72. The lowest BCUT2D eigenvalue weighted by Crippen LogP contribution is -2.45. The summed E-state index contributed by atoms with van der Waals surface area (Å²) in [5.41, 5.74) is 6.37. The Labute approximate surface area is 118 Å². The van der Waals surface area contributed by atoms with Crippen LogP contribution in [0.15, 0.2) is 16.6 Å². The molecule has 6 heteroatoms. The molecule has 1 heterocycles. The van der Waals surface area contributed by atoms with Crippen LogP contribution in [0.3, 0.4) is 0 Å². The van der Waals surface area contributed by atoms with Crippen molar-refractivity contribution in [1.82, 2.24) is 0 Å². The minimum absolute atomic E-state index is 0.250. The summed E-state index contributed by atoms with van der Waals surface area (Å²) in [6.45, 7) is 0. The van der Waals surface area contributed by atoms with Gasteiger partial charge in [0, 0.05) is 17.3 Å². The summed E-state index contributed by atoms with van der Waals surface area (Å²) in [6.07, 6.45) is 3.14. The lowest BCUT2D eigenvalue weighted by atomic mass is 9.91. The van der Waals surface area contributed by atoms with Gasteiger partial charge in [0.05, 0.1) is 0 Å². The summed E-state index contributed by atoms with van der Waals surface area (Å²) in [5.74, 6) is -0.107. The van der Waals surface area contributed by atoms with E-state index in [-0.39, 0.29) is 6.42 Å². The molecule has 1 saturated carbocycles. The van der Waals surface area contributed by atoms with Gasteiger partial charge >= 0.3 is 5.97 Å². The van der Waals surface area contributed by atoms with Crippen LogP contribution in [0.25, 0.3) is 0 Å². The van der Waals surface area contributed by atoms with Crippen molar-refractivity contribution in [2.45, 2.75) is 37.5 Å². The van der Waals surface area contributed by atoms with Crippen LogP contribution in [-0.4, -0.2) is 22.9 Å². The van der Waals surface area contributed by atoms with Crippen molar-refractivity contribution in [2.24, 2.45) is 5.73 Å². The van der Waals surface area contributed by atoms with Crippen LogP contribution in [0.1, 0.15) is 24.8 Å². The van der Waals surface area contributed by atoms with Crippen LogP contribution in [-0.2, 0) is 11.2 Å². The first-order chi connectivity index (χ1) is 8.99. The van der Waals surface area contributed by atoms with E-state index in [1.807, 2.05) is 12.1 Å². The first-order valence-electron chi connectivity index (χ1n) is 6.18. The molecule has 1 fully saturated rings. The number of fused-ring (bicyclic) bond motifs is 1. The van der Waals surface area contributed by atoms with E-state index in [0.717, 1.165) is 29.3 Å². The fourth-order valence-electron chi connectivity index (χ4n) is 2.31. The topological polar surface area (TPSA) is 81.8 Å². The number of carboxylic acid groups (broad SMARTS) is 1. The number of benzene rings is 1. The predicted octanol–water partition coefficient (Wildman–Crippen LogP) is 2.05. The molecule has 3 rings (SSSR count). The molecular formula is C13H14BrNO4. The third kappa shape index (κ3) is 2.19. The number of nitrogens with two attached hydrogens (primary N) is 1. The maximum absolute atomic E-state index is 10.8. The zero-order chi connectivity index (χ0) is 13.6. The lowest BCUT2D eigenvalue weighted by Gasteiger charge is -2.35. The molecule has 0 aromatic heterocycles. The Bertz CT molecular complexity index is 542. The molecule has 0 saturated heterocycles. The Morgan fingerprint density at radius 3 is 2.58 bits per heavy atom. The fraction of sp³-hybridized carbons (Fsp3) is 0.462. The van der Waals surface area contributed by atoms with E-state index in [0.29, 0.717) is 11.5 Å². The number of halogens is 1. The van der Waals surface area contributed by atoms with Gasteiger partial charge in [-0.15, -0.1) is 0 Å². The van der Waals surface area contributed by atoms with Crippen LogP contribution in [0.2, 0.25) is 0 Å².